The monoisotopic (exact) mass is 297 g/mol. The quantitative estimate of drug-likeness (QED) is 0.585. The first-order valence-electron chi connectivity index (χ1n) is 6.85. The molecule has 0 unspecified atom stereocenters. The number of thioether (sulfide) groups is 1. The van der Waals surface area contributed by atoms with Crippen LogP contribution < -0.4 is 0 Å². The molecule has 0 aromatic carbocycles. The second kappa shape index (κ2) is 6.83. The molecule has 0 aliphatic carbocycles. The maximum atomic E-state index is 11.9. The Morgan fingerprint density at radius 1 is 1.30 bits per heavy atom. The average Bonchev–Trinajstić information content (AvgIpc) is 2.82. The molecule has 2 rings (SSSR count). The van der Waals surface area contributed by atoms with Crippen molar-refractivity contribution in [1.82, 2.24) is 4.90 Å². The maximum absolute atomic E-state index is 11.9. The molecule has 0 aromatic rings. The van der Waals surface area contributed by atoms with E-state index < -0.39 is 0 Å². The Kier molecular flexibility index (Phi) is 5.11. The Labute approximate surface area is 123 Å². The Balaban J connectivity index is 2.20. The van der Waals surface area contributed by atoms with Crippen molar-refractivity contribution in [2.24, 2.45) is 0 Å². The molecule has 20 heavy (non-hydrogen) atoms. The van der Waals surface area contributed by atoms with E-state index in [0.717, 1.165) is 35.7 Å². The largest absolute Gasteiger partial charge is 0.463 e. The summed E-state index contributed by atoms with van der Waals surface area (Å²) in [6.07, 6.45) is 3.15. The van der Waals surface area contributed by atoms with Gasteiger partial charge in [-0.3, -0.25) is 0 Å². The summed E-state index contributed by atoms with van der Waals surface area (Å²) in [5.41, 5.74) is 1.64. The number of fused-ring (bicyclic) bond motifs is 1. The smallest absolute Gasteiger partial charge is 0.336 e. The molecule has 2 aliphatic rings. The van der Waals surface area contributed by atoms with E-state index in [1.165, 1.54) is 6.08 Å². The number of rotatable bonds is 4. The van der Waals surface area contributed by atoms with Gasteiger partial charge >= 0.3 is 11.9 Å². The lowest BCUT2D eigenvalue weighted by atomic mass is 10.1. The molecule has 1 saturated heterocycles. The minimum Gasteiger partial charge on any atom is -0.463 e. The summed E-state index contributed by atoms with van der Waals surface area (Å²) < 4.78 is 10.0. The fourth-order valence-corrected chi connectivity index (χ4v) is 3.54. The van der Waals surface area contributed by atoms with Gasteiger partial charge < -0.3 is 14.4 Å². The Hall–Kier alpha value is -1.43. The summed E-state index contributed by atoms with van der Waals surface area (Å²) in [6, 6.07) is 0. The number of hydrogen-bond donors (Lipinski definition) is 0. The van der Waals surface area contributed by atoms with Crippen molar-refractivity contribution in [1.29, 1.82) is 0 Å². The molecule has 6 heteroatoms. The third-order valence-corrected chi connectivity index (χ3v) is 4.29. The molecular weight excluding hydrogens is 278 g/mol. The molecule has 2 heterocycles. The van der Waals surface area contributed by atoms with Crippen LogP contribution in [-0.2, 0) is 19.1 Å². The molecule has 0 atom stereocenters. The third-order valence-electron chi connectivity index (χ3n) is 3.11. The third kappa shape index (κ3) is 3.17. The Bertz CT molecular complexity index is 470. The molecule has 0 spiro atoms. The van der Waals surface area contributed by atoms with E-state index in [9.17, 15) is 9.59 Å². The van der Waals surface area contributed by atoms with E-state index >= 15 is 0 Å². The molecular formula is C14H19NO4S. The first-order valence-corrected chi connectivity index (χ1v) is 7.83. The van der Waals surface area contributed by atoms with Crippen LogP contribution in [0.25, 0.3) is 0 Å². The van der Waals surface area contributed by atoms with E-state index in [0.29, 0.717) is 19.0 Å². The number of hydrogen-bond acceptors (Lipinski definition) is 6. The molecule has 0 N–H and O–H groups in total. The highest BCUT2D eigenvalue weighted by Gasteiger charge is 2.32. The van der Waals surface area contributed by atoms with Crippen molar-refractivity contribution >= 4 is 23.7 Å². The topological polar surface area (TPSA) is 55.8 Å². The number of nitrogens with zero attached hydrogens (tertiary/aromatic N) is 1. The molecule has 1 fully saturated rings. The van der Waals surface area contributed by atoms with Crippen LogP contribution in [0.1, 0.15) is 26.7 Å². The van der Waals surface area contributed by atoms with Gasteiger partial charge in [0.15, 0.2) is 0 Å². The zero-order valence-corrected chi connectivity index (χ0v) is 12.6. The summed E-state index contributed by atoms with van der Waals surface area (Å²) in [4.78, 5) is 25.5. The normalized spacial score (nSPS) is 20.1. The van der Waals surface area contributed by atoms with Crippen molar-refractivity contribution in [3.8, 4) is 0 Å². The number of ether oxygens (including phenoxy) is 2. The van der Waals surface area contributed by atoms with Crippen LogP contribution in [0, 0.1) is 0 Å². The number of carbonyl (C=O) groups is 2. The number of esters is 2. The van der Waals surface area contributed by atoms with Gasteiger partial charge in [0, 0.05) is 24.1 Å². The predicted octanol–water partition coefficient (Wildman–Crippen LogP) is 2.05. The minimum absolute atomic E-state index is 0.239. The van der Waals surface area contributed by atoms with E-state index in [1.54, 1.807) is 25.6 Å². The van der Waals surface area contributed by atoms with Gasteiger partial charge in [-0.25, -0.2) is 9.59 Å². The molecule has 5 nitrogen and oxygen atoms in total. The van der Waals surface area contributed by atoms with Crippen LogP contribution in [0.3, 0.4) is 0 Å². The van der Waals surface area contributed by atoms with Gasteiger partial charge in [0.1, 0.15) is 0 Å². The summed E-state index contributed by atoms with van der Waals surface area (Å²) >= 11 is 1.59. The first-order chi connectivity index (χ1) is 9.67. The lowest BCUT2D eigenvalue weighted by molar-refractivity contribution is -0.139. The standard InChI is InChI=1S/C14H19NO4S/c1-3-18-12(16)8-10-9-20-13-11(14(17)19-4-2)6-5-7-15(10)13/h8H,3-7,9H2,1-2H3. The van der Waals surface area contributed by atoms with Crippen molar-refractivity contribution in [3.63, 3.8) is 0 Å². The van der Waals surface area contributed by atoms with Crippen LogP contribution in [0.4, 0.5) is 0 Å². The van der Waals surface area contributed by atoms with Crippen LogP contribution in [-0.4, -0.2) is 42.3 Å². The average molecular weight is 297 g/mol. The fourth-order valence-electron chi connectivity index (χ4n) is 2.29. The van der Waals surface area contributed by atoms with Crippen molar-refractivity contribution in [3.05, 3.63) is 22.4 Å². The highest BCUT2D eigenvalue weighted by Crippen LogP contribution is 2.41. The van der Waals surface area contributed by atoms with Gasteiger partial charge in [0.2, 0.25) is 0 Å². The van der Waals surface area contributed by atoms with Gasteiger partial charge in [-0.1, -0.05) is 0 Å². The zero-order valence-electron chi connectivity index (χ0n) is 11.8. The molecule has 2 aliphatic heterocycles. The first kappa shape index (κ1) is 15.0. The Morgan fingerprint density at radius 3 is 2.75 bits per heavy atom. The molecule has 0 radical (unpaired) electrons. The molecule has 110 valence electrons. The predicted molar refractivity (Wildman–Crippen MR) is 76.8 cm³/mol. The fraction of sp³-hybridized carbons (Fsp3) is 0.571. The SMILES string of the molecule is CCOC(=O)C=C1CSC2=C(C(=O)OCC)CCCN12. The summed E-state index contributed by atoms with van der Waals surface area (Å²) in [5, 5.41) is 0.935. The minimum atomic E-state index is -0.326. The molecule has 0 bridgehead atoms. The summed E-state index contributed by atoms with van der Waals surface area (Å²) in [6.45, 7) is 5.16. The Morgan fingerprint density at radius 2 is 2.05 bits per heavy atom. The summed E-state index contributed by atoms with van der Waals surface area (Å²) in [7, 11) is 0. The van der Waals surface area contributed by atoms with Crippen molar-refractivity contribution < 1.29 is 19.1 Å². The van der Waals surface area contributed by atoms with Gasteiger partial charge in [0.05, 0.1) is 23.8 Å². The van der Waals surface area contributed by atoms with E-state index in [4.69, 9.17) is 9.47 Å². The second-order valence-corrected chi connectivity index (χ2v) is 5.40. The van der Waals surface area contributed by atoms with Crippen molar-refractivity contribution in [2.45, 2.75) is 26.7 Å². The highest BCUT2D eigenvalue weighted by atomic mass is 32.2. The molecule has 0 amide bonds. The van der Waals surface area contributed by atoms with Gasteiger partial charge in [-0.05, 0) is 26.7 Å². The second-order valence-electron chi connectivity index (χ2n) is 4.44. The summed E-state index contributed by atoms with van der Waals surface area (Å²) in [5.74, 6) is 0.126. The van der Waals surface area contributed by atoms with Gasteiger partial charge in [0.25, 0.3) is 0 Å². The highest BCUT2D eigenvalue weighted by molar-refractivity contribution is 8.03. The lowest BCUT2D eigenvalue weighted by Gasteiger charge is -2.27. The number of carbonyl (C=O) groups excluding carboxylic acids is 2. The van der Waals surface area contributed by atoms with E-state index in [-0.39, 0.29) is 11.9 Å². The maximum Gasteiger partial charge on any atom is 0.336 e. The van der Waals surface area contributed by atoms with Crippen molar-refractivity contribution in [2.75, 3.05) is 25.5 Å². The van der Waals surface area contributed by atoms with Gasteiger partial charge in [-0.2, -0.15) is 0 Å². The van der Waals surface area contributed by atoms with Crippen LogP contribution in [0.15, 0.2) is 22.4 Å². The zero-order chi connectivity index (χ0) is 14.5. The van der Waals surface area contributed by atoms with Gasteiger partial charge in [-0.15, -0.1) is 11.8 Å². The lowest BCUT2D eigenvalue weighted by Crippen LogP contribution is -2.26. The van der Waals surface area contributed by atoms with Crippen LogP contribution in [0.5, 0.6) is 0 Å². The molecule has 0 saturated carbocycles. The van der Waals surface area contributed by atoms with E-state index in [1.807, 2.05) is 4.90 Å². The van der Waals surface area contributed by atoms with E-state index in [2.05, 4.69) is 0 Å². The van der Waals surface area contributed by atoms with Crippen LogP contribution in [0.2, 0.25) is 0 Å². The van der Waals surface area contributed by atoms with Crippen LogP contribution >= 0.6 is 11.8 Å². The molecule has 0 aromatic heterocycles.